The maximum atomic E-state index is 9.86. The van der Waals surface area contributed by atoms with E-state index in [1.807, 2.05) is 0 Å². The van der Waals surface area contributed by atoms with Crippen LogP contribution < -0.4 is 15.9 Å². The smallest absolute Gasteiger partial charge is 0.759 e. The molecule has 0 saturated carbocycles. The largest absolute Gasteiger partial charge is 2.00 e. The quantitative estimate of drug-likeness (QED) is 0.302. The van der Waals surface area contributed by atoms with Crippen molar-refractivity contribution in [1.29, 1.82) is 0 Å². The molecule has 0 heterocycles. The summed E-state index contributed by atoms with van der Waals surface area (Å²) in [6.45, 7) is 0. The first-order valence-corrected chi connectivity index (χ1v) is 4.70. The summed E-state index contributed by atoms with van der Waals surface area (Å²) in [6.07, 6.45) is -0.500. The minimum Gasteiger partial charge on any atom is -0.759 e. The number of carboxylic acid groups (broad SMARTS) is 2. The molecule has 2 N–H and O–H groups in total. The fourth-order valence-electron chi connectivity index (χ4n) is 0.391. The summed E-state index contributed by atoms with van der Waals surface area (Å²) in [5, 5.41) is 19.6. The Bertz CT molecular complexity index is 306. The Kier molecular flexibility index (Phi) is 12.3. The molecule has 0 amide bonds. The average Bonchev–Trinajstić information content (AvgIpc) is 1.96. The van der Waals surface area contributed by atoms with Crippen LogP contribution in [-0.4, -0.2) is 35.5 Å². The van der Waals surface area contributed by atoms with E-state index >= 15 is 0 Å². The van der Waals surface area contributed by atoms with Gasteiger partial charge < -0.3 is 34.6 Å². The molecular weight excluding hydrogens is 289 g/mol. The number of nitrogens with two attached hydrogens (primary N) is 1. The topological polar surface area (TPSA) is 187 Å². The van der Waals surface area contributed by atoms with Gasteiger partial charge in [0, 0.05) is 22.4 Å². The van der Waals surface area contributed by atoms with E-state index in [4.69, 9.17) is 23.3 Å². The zero-order chi connectivity index (χ0) is 12.6. The van der Waals surface area contributed by atoms with Crippen LogP contribution in [0.4, 0.5) is 0 Å². The van der Waals surface area contributed by atoms with E-state index in [-0.39, 0.29) is 29.9 Å². The van der Waals surface area contributed by atoms with E-state index in [0.29, 0.717) is 0 Å². The fourth-order valence-corrected chi connectivity index (χ4v) is 0.391. The van der Waals surface area contributed by atoms with Crippen molar-refractivity contribution in [3.8, 4) is 0 Å². The van der Waals surface area contributed by atoms with Gasteiger partial charge in [-0.3, -0.25) is 8.42 Å². The third-order valence-electron chi connectivity index (χ3n) is 0.962. The van der Waals surface area contributed by atoms with Gasteiger partial charge >= 0.3 is 17.1 Å². The molecule has 1 atom stereocenters. The van der Waals surface area contributed by atoms with Gasteiger partial charge in [0.05, 0.1) is 5.97 Å². The molecule has 16 heavy (non-hydrogen) atoms. The Morgan fingerprint density at radius 1 is 1.19 bits per heavy atom. The second-order valence-corrected chi connectivity index (χ2v) is 3.06. The van der Waals surface area contributed by atoms with Crippen LogP contribution in [0.3, 0.4) is 0 Å². The minimum atomic E-state index is -5.17. The normalized spacial score (nSPS) is 11.4. The SMILES string of the molecule is NC(CCC(=O)[O-])C(=O)[O-].O=S(=O)([O-])[O-].[Mn+2]. The molecule has 0 aliphatic heterocycles. The zero-order valence-corrected chi connectivity index (χ0v) is 9.62. The number of carboxylic acids is 2. The number of carbonyl (C=O) groups excluding carboxylic acids is 2. The Balaban J connectivity index is -0.000000242. The second kappa shape index (κ2) is 9.51. The summed E-state index contributed by atoms with van der Waals surface area (Å²) in [5.41, 5.74) is 4.91. The maximum absolute atomic E-state index is 9.86. The van der Waals surface area contributed by atoms with Crippen molar-refractivity contribution in [3.63, 3.8) is 0 Å². The van der Waals surface area contributed by atoms with Crippen molar-refractivity contribution in [2.45, 2.75) is 18.9 Å². The van der Waals surface area contributed by atoms with Crippen molar-refractivity contribution < 1.29 is 54.4 Å². The molecule has 0 aromatic heterocycles. The second-order valence-electron chi connectivity index (χ2n) is 2.24. The number of carbonyl (C=O) groups is 2. The third kappa shape index (κ3) is 29.2. The van der Waals surface area contributed by atoms with Crippen LogP contribution in [0.2, 0.25) is 0 Å². The molecule has 1 unspecified atom stereocenters. The molecular formula is C5H7MnNO8S-2. The van der Waals surface area contributed by atoms with Crippen molar-refractivity contribution in [2.75, 3.05) is 0 Å². The summed E-state index contributed by atoms with van der Waals surface area (Å²) in [7, 11) is -5.17. The van der Waals surface area contributed by atoms with E-state index < -0.39 is 28.4 Å². The fraction of sp³-hybridized carbons (Fsp3) is 0.600. The van der Waals surface area contributed by atoms with Crippen LogP contribution in [0, 0.1) is 0 Å². The Morgan fingerprint density at radius 3 is 1.69 bits per heavy atom. The first-order valence-electron chi connectivity index (χ1n) is 3.37. The first-order chi connectivity index (χ1) is 6.54. The number of rotatable bonds is 4. The van der Waals surface area contributed by atoms with Crippen LogP contribution in [0.25, 0.3) is 0 Å². The van der Waals surface area contributed by atoms with Crippen LogP contribution >= 0.6 is 0 Å². The zero-order valence-electron chi connectivity index (χ0n) is 7.62. The number of aliphatic carboxylic acids is 2. The predicted octanol–water partition coefficient (Wildman–Crippen LogP) is -4.75. The van der Waals surface area contributed by atoms with Gasteiger partial charge in [-0.15, -0.1) is 0 Å². The Labute approximate surface area is 102 Å². The molecule has 0 aliphatic carbocycles. The summed E-state index contributed by atoms with van der Waals surface area (Å²) >= 11 is 0. The Hall–Kier alpha value is -0.711. The molecule has 95 valence electrons. The predicted molar refractivity (Wildman–Crippen MR) is 37.7 cm³/mol. The average molecular weight is 296 g/mol. The first kappa shape index (κ1) is 20.7. The standard InChI is InChI=1S/C5H9NO4.Mn.H2O4S/c6-3(5(9)10)1-2-4(7)8;;1-5(2,3)4/h3H,1-2,6H2,(H,7,8)(H,9,10);;(H2,1,2,3,4)/q;+2;/p-4. The number of hydrogen-bond acceptors (Lipinski definition) is 9. The minimum absolute atomic E-state index is 0. The summed E-state index contributed by atoms with van der Waals surface area (Å²) in [6, 6.07) is -1.21. The third-order valence-corrected chi connectivity index (χ3v) is 0.962. The maximum Gasteiger partial charge on any atom is 2.00 e. The van der Waals surface area contributed by atoms with Crippen molar-refractivity contribution >= 4 is 22.3 Å². The molecule has 0 rings (SSSR count). The summed E-state index contributed by atoms with van der Waals surface area (Å²) in [5.74, 6) is -2.75. The molecule has 11 heteroatoms. The van der Waals surface area contributed by atoms with Crippen LogP contribution in [0.15, 0.2) is 0 Å². The van der Waals surface area contributed by atoms with E-state index in [1.165, 1.54) is 0 Å². The molecule has 0 fully saturated rings. The van der Waals surface area contributed by atoms with Crippen molar-refractivity contribution in [1.82, 2.24) is 0 Å². The molecule has 0 bridgehead atoms. The van der Waals surface area contributed by atoms with Gasteiger partial charge in [0.25, 0.3) is 0 Å². The van der Waals surface area contributed by atoms with Crippen molar-refractivity contribution in [3.05, 3.63) is 0 Å². The summed E-state index contributed by atoms with van der Waals surface area (Å²) in [4.78, 5) is 19.6. The van der Waals surface area contributed by atoms with Gasteiger partial charge in [0.15, 0.2) is 0 Å². The van der Waals surface area contributed by atoms with Gasteiger partial charge in [-0.25, -0.2) is 0 Å². The van der Waals surface area contributed by atoms with Crippen LogP contribution in [0.1, 0.15) is 12.8 Å². The molecule has 0 saturated heterocycles. The van der Waals surface area contributed by atoms with Gasteiger partial charge in [-0.05, 0) is 12.8 Å². The van der Waals surface area contributed by atoms with Gasteiger partial charge in [0.1, 0.15) is 0 Å². The van der Waals surface area contributed by atoms with Crippen LogP contribution in [-0.2, 0) is 37.1 Å². The molecule has 0 aromatic carbocycles. The number of hydrogen-bond donors (Lipinski definition) is 1. The molecule has 0 aromatic rings. The van der Waals surface area contributed by atoms with E-state index in [0.717, 1.165) is 0 Å². The van der Waals surface area contributed by atoms with Crippen molar-refractivity contribution in [2.24, 2.45) is 5.73 Å². The van der Waals surface area contributed by atoms with Gasteiger partial charge in [0.2, 0.25) is 0 Å². The molecule has 1 radical (unpaired) electrons. The van der Waals surface area contributed by atoms with E-state index in [2.05, 4.69) is 0 Å². The van der Waals surface area contributed by atoms with E-state index in [9.17, 15) is 19.8 Å². The van der Waals surface area contributed by atoms with E-state index in [1.54, 1.807) is 0 Å². The monoisotopic (exact) mass is 296 g/mol. The van der Waals surface area contributed by atoms with Gasteiger partial charge in [-0.1, -0.05) is 0 Å². The molecule has 0 aliphatic rings. The summed E-state index contributed by atoms with van der Waals surface area (Å²) < 4.78 is 34.1. The van der Waals surface area contributed by atoms with Crippen LogP contribution in [0.5, 0.6) is 0 Å². The van der Waals surface area contributed by atoms with Gasteiger partial charge in [-0.2, -0.15) is 0 Å². The molecule has 0 spiro atoms. The Morgan fingerprint density at radius 2 is 1.50 bits per heavy atom. The molecule has 9 nitrogen and oxygen atoms in total.